The lowest BCUT2D eigenvalue weighted by Gasteiger charge is -2.02. The van der Waals surface area contributed by atoms with E-state index in [0.717, 1.165) is 11.1 Å². The monoisotopic (exact) mass is 162 g/mol. The van der Waals surface area contributed by atoms with Crippen LogP contribution in [0, 0.1) is 0 Å². The van der Waals surface area contributed by atoms with E-state index in [1.165, 1.54) is 0 Å². The van der Waals surface area contributed by atoms with Gasteiger partial charge in [-0.2, -0.15) is 0 Å². The van der Waals surface area contributed by atoms with Gasteiger partial charge in [-0.3, -0.25) is 0 Å². The quantitative estimate of drug-likeness (QED) is 0.682. The SMILES string of the molecule is Oc1ccccc1C1=CCOC1. The number of phenols is 1. The lowest BCUT2D eigenvalue weighted by molar-refractivity contribution is 0.216. The molecule has 1 aromatic rings. The molecule has 62 valence electrons. The van der Waals surface area contributed by atoms with Gasteiger partial charge in [0.15, 0.2) is 0 Å². The Morgan fingerprint density at radius 1 is 1.25 bits per heavy atom. The average Bonchev–Trinajstić information content (AvgIpc) is 2.57. The molecule has 0 radical (unpaired) electrons. The summed E-state index contributed by atoms with van der Waals surface area (Å²) in [5.74, 6) is 0.328. The summed E-state index contributed by atoms with van der Waals surface area (Å²) in [5.41, 5.74) is 1.96. The summed E-state index contributed by atoms with van der Waals surface area (Å²) in [7, 11) is 0. The Hall–Kier alpha value is -1.28. The van der Waals surface area contributed by atoms with Crippen LogP contribution >= 0.6 is 0 Å². The highest BCUT2D eigenvalue weighted by molar-refractivity contribution is 5.71. The fraction of sp³-hybridized carbons (Fsp3) is 0.200. The number of aromatic hydroxyl groups is 1. The molecule has 0 aliphatic carbocycles. The van der Waals surface area contributed by atoms with E-state index < -0.39 is 0 Å². The summed E-state index contributed by atoms with van der Waals surface area (Å²) >= 11 is 0. The molecule has 0 saturated heterocycles. The molecule has 2 heteroatoms. The van der Waals surface area contributed by atoms with E-state index in [1.54, 1.807) is 6.07 Å². The van der Waals surface area contributed by atoms with E-state index in [9.17, 15) is 5.11 Å². The molecule has 1 aliphatic heterocycles. The first kappa shape index (κ1) is 7.37. The zero-order valence-electron chi connectivity index (χ0n) is 6.66. The van der Waals surface area contributed by atoms with Crippen LogP contribution in [0.4, 0.5) is 0 Å². The summed E-state index contributed by atoms with van der Waals surface area (Å²) in [5, 5.41) is 9.47. The van der Waals surface area contributed by atoms with Crippen LogP contribution in [0.3, 0.4) is 0 Å². The van der Waals surface area contributed by atoms with Crippen LogP contribution in [-0.2, 0) is 4.74 Å². The average molecular weight is 162 g/mol. The molecule has 1 aliphatic rings. The van der Waals surface area contributed by atoms with Gasteiger partial charge in [0.05, 0.1) is 13.2 Å². The lowest BCUT2D eigenvalue weighted by atomic mass is 10.1. The van der Waals surface area contributed by atoms with Crippen LogP contribution in [0.1, 0.15) is 5.56 Å². The predicted molar refractivity (Wildman–Crippen MR) is 46.9 cm³/mol. The van der Waals surface area contributed by atoms with Crippen molar-refractivity contribution in [2.24, 2.45) is 0 Å². The van der Waals surface area contributed by atoms with E-state index in [1.807, 2.05) is 24.3 Å². The molecule has 0 unspecified atom stereocenters. The molecule has 1 aromatic carbocycles. The molecular formula is C10H10O2. The molecule has 0 bridgehead atoms. The molecule has 12 heavy (non-hydrogen) atoms. The van der Waals surface area contributed by atoms with Crippen molar-refractivity contribution >= 4 is 5.57 Å². The summed E-state index contributed by atoms with van der Waals surface area (Å²) in [6, 6.07) is 7.31. The van der Waals surface area contributed by atoms with Crippen molar-refractivity contribution in [3.63, 3.8) is 0 Å². The second-order valence-corrected chi connectivity index (χ2v) is 2.76. The van der Waals surface area contributed by atoms with Crippen molar-refractivity contribution in [1.82, 2.24) is 0 Å². The van der Waals surface area contributed by atoms with Gasteiger partial charge in [-0.15, -0.1) is 0 Å². The van der Waals surface area contributed by atoms with Gasteiger partial charge in [-0.05, 0) is 11.6 Å². The maximum Gasteiger partial charge on any atom is 0.123 e. The molecule has 0 fully saturated rings. The zero-order chi connectivity index (χ0) is 8.39. The lowest BCUT2D eigenvalue weighted by Crippen LogP contribution is -1.87. The van der Waals surface area contributed by atoms with Gasteiger partial charge < -0.3 is 9.84 Å². The van der Waals surface area contributed by atoms with Crippen LogP contribution in [-0.4, -0.2) is 18.3 Å². The largest absolute Gasteiger partial charge is 0.507 e. The van der Waals surface area contributed by atoms with Crippen molar-refractivity contribution in [2.75, 3.05) is 13.2 Å². The molecule has 0 aromatic heterocycles. The standard InChI is InChI=1S/C10H10O2/c11-10-4-2-1-3-9(10)8-5-6-12-7-8/h1-5,11H,6-7H2. The normalized spacial score (nSPS) is 16.2. The van der Waals surface area contributed by atoms with E-state index >= 15 is 0 Å². The van der Waals surface area contributed by atoms with Gasteiger partial charge in [0.2, 0.25) is 0 Å². The van der Waals surface area contributed by atoms with Crippen LogP contribution in [0.5, 0.6) is 5.75 Å². The maximum atomic E-state index is 9.47. The number of rotatable bonds is 1. The Labute approximate surface area is 71.1 Å². The molecule has 1 N–H and O–H groups in total. The first-order valence-corrected chi connectivity index (χ1v) is 3.93. The summed E-state index contributed by atoms with van der Waals surface area (Å²) in [4.78, 5) is 0. The highest BCUT2D eigenvalue weighted by Gasteiger charge is 2.09. The second-order valence-electron chi connectivity index (χ2n) is 2.76. The minimum absolute atomic E-state index is 0.328. The second kappa shape index (κ2) is 2.99. The van der Waals surface area contributed by atoms with Crippen molar-refractivity contribution in [3.8, 4) is 5.75 Å². The molecule has 0 atom stereocenters. The van der Waals surface area contributed by atoms with Gasteiger partial charge in [0, 0.05) is 5.56 Å². The molecule has 0 saturated carbocycles. The highest BCUT2D eigenvalue weighted by atomic mass is 16.5. The Morgan fingerprint density at radius 2 is 2.08 bits per heavy atom. The van der Waals surface area contributed by atoms with E-state index in [4.69, 9.17) is 4.74 Å². The summed E-state index contributed by atoms with van der Waals surface area (Å²) in [6.07, 6.45) is 2.00. The minimum atomic E-state index is 0.328. The van der Waals surface area contributed by atoms with Gasteiger partial charge in [0.1, 0.15) is 5.75 Å². The Morgan fingerprint density at radius 3 is 2.75 bits per heavy atom. The van der Waals surface area contributed by atoms with E-state index in [0.29, 0.717) is 19.0 Å². The Balaban J connectivity index is 2.39. The van der Waals surface area contributed by atoms with Gasteiger partial charge in [-0.25, -0.2) is 0 Å². The van der Waals surface area contributed by atoms with Crippen LogP contribution < -0.4 is 0 Å². The van der Waals surface area contributed by atoms with Gasteiger partial charge in [0.25, 0.3) is 0 Å². The first-order valence-electron chi connectivity index (χ1n) is 3.93. The van der Waals surface area contributed by atoms with Crippen molar-refractivity contribution in [3.05, 3.63) is 35.9 Å². The van der Waals surface area contributed by atoms with E-state index in [2.05, 4.69) is 0 Å². The summed E-state index contributed by atoms with van der Waals surface area (Å²) < 4.78 is 5.16. The van der Waals surface area contributed by atoms with Crippen molar-refractivity contribution in [1.29, 1.82) is 0 Å². The molecular weight excluding hydrogens is 152 g/mol. The fourth-order valence-electron chi connectivity index (χ4n) is 1.32. The third-order valence-corrected chi connectivity index (χ3v) is 1.96. The molecule has 2 nitrogen and oxygen atoms in total. The predicted octanol–water partition coefficient (Wildman–Crippen LogP) is 1.81. The number of benzene rings is 1. The van der Waals surface area contributed by atoms with Crippen LogP contribution in [0.15, 0.2) is 30.3 Å². The third-order valence-electron chi connectivity index (χ3n) is 1.96. The Kier molecular flexibility index (Phi) is 1.84. The topological polar surface area (TPSA) is 29.5 Å². The van der Waals surface area contributed by atoms with Gasteiger partial charge in [-0.1, -0.05) is 24.3 Å². The van der Waals surface area contributed by atoms with Crippen LogP contribution in [0.2, 0.25) is 0 Å². The molecule has 2 rings (SSSR count). The van der Waals surface area contributed by atoms with E-state index in [-0.39, 0.29) is 0 Å². The molecule has 0 spiro atoms. The zero-order valence-corrected chi connectivity index (χ0v) is 6.66. The highest BCUT2D eigenvalue weighted by Crippen LogP contribution is 2.26. The maximum absolute atomic E-state index is 9.47. The Bertz CT molecular complexity index is 315. The number of hydrogen-bond acceptors (Lipinski definition) is 2. The molecule has 0 amide bonds. The number of ether oxygens (including phenoxy) is 1. The first-order chi connectivity index (χ1) is 5.88. The number of hydrogen-bond donors (Lipinski definition) is 1. The van der Waals surface area contributed by atoms with Gasteiger partial charge >= 0.3 is 0 Å². The minimum Gasteiger partial charge on any atom is -0.507 e. The third kappa shape index (κ3) is 1.21. The number of para-hydroxylation sites is 1. The summed E-state index contributed by atoms with van der Waals surface area (Å²) in [6.45, 7) is 1.27. The van der Waals surface area contributed by atoms with Crippen molar-refractivity contribution < 1.29 is 9.84 Å². The fourth-order valence-corrected chi connectivity index (χ4v) is 1.32. The number of phenolic OH excluding ortho intramolecular Hbond substituents is 1. The molecule has 1 heterocycles. The van der Waals surface area contributed by atoms with Crippen LogP contribution in [0.25, 0.3) is 5.57 Å². The van der Waals surface area contributed by atoms with Crippen molar-refractivity contribution in [2.45, 2.75) is 0 Å². The smallest absolute Gasteiger partial charge is 0.123 e.